The van der Waals surface area contributed by atoms with E-state index in [1.807, 2.05) is 21.1 Å². The van der Waals surface area contributed by atoms with Crippen molar-refractivity contribution in [1.29, 1.82) is 0 Å². The van der Waals surface area contributed by atoms with E-state index < -0.39 is 13.9 Å². The summed E-state index contributed by atoms with van der Waals surface area (Å²) >= 11 is 0. The number of unbranched alkanes of at least 4 members (excludes halogenated alkanes) is 16. The number of phosphoric acid groups is 1. The van der Waals surface area contributed by atoms with E-state index in [0.29, 0.717) is 24.1 Å². The van der Waals surface area contributed by atoms with Crippen molar-refractivity contribution in [2.24, 2.45) is 0 Å². The molecule has 0 fully saturated rings. The number of likely N-dealkylation sites (N-methyl/N-ethyl adjacent to an activating group) is 1. The lowest BCUT2D eigenvalue weighted by Gasteiger charge is -2.24. The molecule has 0 amide bonds. The maximum absolute atomic E-state index is 12.3. The first kappa shape index (κ1) is 39.5. The monoisotopic (exact) mass is 594 g/mol. The van der Waals surface area contributed by atoms with Crippen molar-refractivity contribution in [1.82, 2.24) is 0 Å². The highest BCUT2D eigenvalue weighted by Gasteiger charge is 2.26. The first-order chi connectivity index (χ1) is 19.1. The van der Waals surface area contributed by atoms with Gasteiger partial charge in [0, 0.05) is 13.0 Å². The molecular formula is C31H65NO7P+. The number of carbonyl (C=O) groups excluding carboxylic acids is 1. The Balaban J connectivity index is 4.14. The standard InChI is InChI=1S/C31H64NO7P/c1-6-8-10-12-13-14-15-16-17-18-19-20-21-23-26-36-28-30(39-31(33)24-22-11-9-7-2)29-38-40(34,35)37-27-25-32(3,4)5/h30H,6-29H2,1-5H3/p+1. The highest BCUT2D eigenvalue weighted by molar-refractivity contribution is 7.47. The van der Waals surface area contributed by atoms with Crippen molar-refractivity contribution in [2.45, 2.75) is 142 Å². The van der Waals surface area contributed by atoms with Crippen LogP contribution >= 0.6 is 7.82 Å². The van der Waals surface area contributed by atoms with Crippen LogP contribution in [0.15, 0.2) is 0 Å². The third kappa shape index (κ3) is 29.0. The molecule has 0 aliphatic heterocycles. The maximum atomic E-state index is 12.3. The summed E-state index contributed by atoms with van der Waals surface area (Å²) in [4.78, 5) is 22.3. The number of hydrogen-bond donors (Lipinski definition) is 1. The second-order valence-corrected chi connectivity index (χ2v) is 13.7. The average molecular weight is 595 g/mol. The van der Waals surface area contributed by atoms with Crippen molar-refractivity contribution in [3.63, 3.8) is 0 Å². The zero-order chi connectivity index (χ0) is 30.0. The Bertz CT molecular complexity index is 627. The number of carbonyl (C=O) groups is 1. The molecule has 0 aliphatic rings. The van der Waals surface area contributed by atoms with E-state index >= 15 is 0 Å². The summed E-state index contributed by atoms with van der Waals surface area (Å²) in [5, 5.41) is 0. The second kappa shape index (κ2) is 26.2. The van der Waals surface area contributed by atoms with Crippen LogP contribution in [0.3, 0.4) is 0 Å². The lowest BCUT2D eigenvalue weighted by Crippen LogP contribution is -2.37. The number of quaternary nitrogens is 1. The molecule has 0 aliphatic carbocycles. The molecule has 0 saturated heterocycles. The molecule has 2 atom stereocenters. The fourth-order valence-corrected chi connectivity index (χ4v) is 5.06. The van der Waals surface area contributed by atoms with Crippen LogP contribution in [-0.4, -0.2) is 75.6 Å². The lowest BCUT2D eigenvalue weighted by molar-refractivity contribution is -0.870. The normalized spacial score (nSPS) is 14.2. The predicted octanol–water partition coefficient (Wildman–Crippen LogP) is 8.21. The summed E-state index contributed by atoms with van der Waals surface area (Å²) in [5.41, 5.74) is 0. The lowest BCUT2D eigenvalue weighted by atomic mass is 10.0. The SMILES string of the molecule is CCCCCCCCCCCCCCCCOCC(COP(=O)(O)OCC[N+](C)(C)C)OC(=O)CCCCCC. The summed E-state index contributed by atoms with van der Waals surface area (Å²) < 4.78 is 34.4. The van der Waals surface area contributed by atoms with Gasteiger partial charge in [-0.2, -0.15) is 0 Å². The average Bonchev–Trinajstić information content (AvgIpc) is 2.88. The minimum Gasteiger partial charge on any atom is -0.457 e. The molecular weight excluding hydrogens is 529 g/mol. The Morgan fingerprint density at radius 2 is 1.15 bits per heavy atom. The van der Waals surface area contributed by atoms with E-state index in [-0.39, 0.29) is 25.8 Å². The molecule has 0 aromatic rings. The molecule has 0 aromatic heterocycles. The predicted molar refractivity (Wildman–Crippen MR) is 164 cm³/mol. The molecule has 0 saturated carbocycles. The number of nitrogens with zero attached hydrogens (tertiary/aromatic N) is 1. The van der Waals surface area contributed by atoms with Crippen molar-refractivity contribution in [3.8, 4) is 0 Å². The van der Waals surface area contributed by atoms with Gasteiger partial charge in [0.25, 0.3) is 0 Å². The van der Waals surface area contributed by atoms with E-state index in [1.165, 1.54) is 77.0 Å². The second-order valence-electron chi connectivity index (χ2n) is 12.2. The van der Waals surface area contributed by atoms with Gasteiger partial charge in [0.1, 0.15) is 19.3 Å². The smallest absolute Gasteiger partial charge is 0.457 e. The molecule has 0 radical (unpaired) electrons. The van der Waals surface area contributed by atoms with Gasteiger partial charge in [-0.15, -0.1) is 0 Å². The van der Waals surface area contributed by atoms with Gasteiger partial charge in [0.05, 0.1) is 34.4 Å². The van der Waals surface area contributed by atoms with Crippen molar-refractivity contribution in [2.75, 3.05) is 54.1 Å². The summed E-state index contributed by atoms with van der Waals surface area (Å²) in [6, 6.07) is 0. The van der Waals surface area contributed by atoms with Gasteiger partial charge < -0.3 is 18.9 Å². The molecule has 240 valence electrons. The number of ether oxygens (including phenoxy) is 2. The van der Waals surface area contributed by atoms with Gasteiger partial charge in [-0.05, 0) is 12.8 Å². The van der Waals surface area contributed by atoms with Crippen LogP contribution in [0.1, 0.15) is 136 Å². The molecule has 2 unspecified atom stereocenters. The third-order valence-corrected chi connectivity index (χ3v) is 7.90. The molecule has 0 heterocycles. The number of rotatable bonds is 30. The van der Waals surface area contributed by atoms with Gasteiger partial charge >= 0.3 is 13.8 Å². The maximum Gasteiger partial charge on any atom is 0.472 e. The summed E-state index contributed by atoms with van der Waals surface area (Å²) in [5.74, 6) is -0.330. The van der Waals surface area contributed by atoms with Crippen molar-refractivity contribution < 1.29 is 37.3 Å². The fraction of sp³-hybridized carbons (Fsp3) is 0.968. The van der Waals surface area contributed by atoms with E-state index in [4.69, 9.17) is 18.5 Å². The zero-order valence-corrected chi connectivity index (χ0v) is 27.7. The molecule has 8 nitrogen and oxygen atoms in total. The van der Waals surface area contributed by atoms with Crippen LogP contribution in [-0.2, 0) is 27.9 Å². The Hall–Kier alpha value is -0.500. The fourth-order valence-electron chi connectivity index (χ4n) is 4.32. The number of hydrogen-bond acceptors (Lipinski definition) is 6. The molecule has 9 heteroatoms. The van der Waals surface area contributed by atoms with Crippen LogP contribution in [0.5, 0.6) is 0 Å². The van der Waals surface area contributed by atoms with Gasteiger partial charge in [-0.1, -0.05) is 117 Å². The molecule has 0 spiro atoms. The Labute approximate surface area is 247 Å². The number of esters is 1. The quantitative estimate of drug-likeness (QED) is 0.0388. The van der Waals surface area contributed by atoms with E-state index in [9.17, 15) is 14.3 Å². The first-order valence-corrected chi connectivity index (χ1v) is 17.8. The number of phosphoric ester groups is 1. The van der Waals surface area contributed by atoms with Crippen molar-refractivity contribution >= 4 is 13.8 Å². The van der Waals surface area contributed by atoms with Gasteiger partial charge in [-0.25, -0.2) is 4.57 Å². The summed E-state index contributed by atoms with van der Waals surface area (Å²) in [6.45, 7) is 5.51. The summed E-state index contributed by atoms with van der Waals surface area (Å²) in [6.07, 6.45) is 21.7. The molecule has 1 N–H and O–H groups in total. The molecule has 0 bridgehead atoms. The van der Waals surface area contributed by atoms with Crippen LogP contribution in [0.4, 0.5) is 0 Å². The van der Waals surface area contributed by atoms with E-state index in [2.05, 4.69) is 13.8 Å². The minimum absolute atomic E-state index is 0.0920. The molecule has 0 aromatic carbocycles. The first-order valence-electron chi connectivity index (χ1n) is 16.3. The Kier molecular flexibility index (Phi) is 25.8. The van der Waals surface area contributed by atoms with Gasteiger partial charge in [-0.3, -0.25) is 13.8 Å². The van der Waals surface area contributed by atoms with Crippen LogP contribution < -0.4 is 0 Å². The zero-order valence-electron chi connectivity index (χ0n) is 26.8. The highest BCUT2D eigenvalue weighted by atomic mass is 31.2. The van der Waals surface area contributed by atoms with Gasteiger partial charge in [0.2, 0.25) is 0 Å². The largest absolute Gasteiger partial charge is 0.472 e. The Morgan fingerprint density at radius 1 is 0.675 bits per heavy atom. The van der Waals surface area contributed by atoms with Gasteiger partial charge in [0.15, 0.2) is 0 Å². The van der Waals surface area contributed by atoms with Crippen LogP contribution in [0.25, 0.3) is 0 Å². The van der Waals surface area contributed by atoms with Crippen LogP contribution in [0, 0.1) is 0 Å². The molecule has 40 heavy (non-hydrogen) atoms. The third-order valence-electron chi connectivity index (χ3n) is 6.92. The summed E-state index contributed by atoms with van der Waals surface area (Å²) in [7, 11) is 1.67. The van der Waals surface area contributed by atoms with E-state index in [0.717, 1.165) is 38.5 Å². The minimum atomic E-state index is -4.24. The topological polar surface area (TPSA) is 91.3 Å². The highest BCUT2D eigenvalue weighted by Crippen LogP contribution is 2.43. The Morgan fingerprint density at radius 3 is 1.65 bits per heavy atom. The van der Waals surface area contributed by atoms with E-state index in [1.54, 1.807) is 0 Å². The van der Waals surface area contributed by atoms with Crippen molar-refractivity contribution in [3.05, 3.63) is 0 Å². The molecule has 0 rings (SSSR count). The van der Waals surface area contributed by atoms with Crippen LogP contribution in [0.2, 0.25) is 0 Å².